The summed E-state index contributed by atoms with van der Waals surface area (Å²) < 4.78 is 8.24. The second-order valence-corrected chi connectivity index (χ2v) is 8.85. The van der Waals surface area contributed by atoms with E-state index in [-0.39, 0.29) is 11.9 Å². The van der Waals surface area contributed by atoms with E-state index in [2.05, 4.69) is 28.6 Å². The van der Waals surface area contributed by atoms with Crippen molar-refractivity contribution in [3.05, 3.63) is 107 Å². The number of aryl methyl sites for hydroxylation is 1. The molecule has 0 fully saturated rings. The van der Waals surface area contributed by atoms with Gasteiger partial charge in [-0.15, -0.1) is 6.58 Å². The van der Waals surface area contributed by atoms with Crippen molar-refractivity contribution in [3.8, 4) is 5.75 Å². The predicted molar refractivity (Wildman–Crippen MR) is 142 cm³/mol. The lowest BCUT2D eigenvalue weighted by molar-refractivity contribution is 0.0938. The van der Waals surface area contributed by atoms with Crippen LogP contribution in [0.15, 0.2) is 85.5 Å². The number of carbonyl (C=O) groups excluding carboxylic acids is 1. The molecule has 0 radical (unpaired) electrons. The Morgan fingerprint density at radius 2 is 1.83 bits per heavy atom. The molecule has 0 spiro atoms. The van der Waals surface area contributed by atoms with Crippen molar-refractivity contribution in [1.29, 1.82) is 0 Å². The molecule has 1 atom stereocenters. The maximum Gasteiger partial charge on any atom is 0.253 e. The molecule has 0 aliphatic carbocycles. The lowest BCUT2D eigenvalue weighted by Crippen LogP contribution is -2.29. The SMILES string of the molecule is C=CCc1ccccc1OCCCCn1c(C(C)NC(=O)c2ccccc2Cl)nc2ccccc21. The molecule has 1 aromatic heterocycles. The van der Waals surface area contributed by atoms with E-state index in [9.17, 15) is 4.79 Å². The molecule has 0 bridgehead atoms. The molecule has 0 saturated heterocycles. The summed E-state index contributed by atoms with van der Waals surface area (Å²) >= 11 is 6.22. The first-order valence-electron chi connectivity index (χ1n) is 11.9. The number of amides is 1. The minimum absolute atomic E-state index is 0.215. The summed E-state index contributed by atoms with van der Waals surface area (Å²) in [4.78, 5) is 17.7. The predicted octanol–water partition coefficient (Wildman–Crippen LogP) is 6.77. The number of imidazole rings is 1. The minimum Gasteiger partial charge on any atom is -0.493 e. The Morgan fingerprint density at radius 3 is 2.66 bits per heavy atom. The topological polar surface area (TPSA) is 56.1 Å². The fourth-order valence-corrected chi connectivity index (χ4v) is 4.39. The molecule has 5 nitrogen and oxygen atoms in total. The molecule has 180 valence electrons. The summed E-state index contributed by atoms with van der Waals surface area (Å²) in [5.74, 6) is 1.52. The zero-order valence-corrected chi connectivity index (χ0v) is 20.7. The number of ether oxygens (including phenoxy) is 1. The van der Waals surface area contributed by atoms with Crippen molar-refractivity contribution in [1.82, 2.24) is 14.9 Å². The van der Waals surface area contributed by atoms with E-state index in [1.165, 1.54) is 0 Å². The third kappa shape index (κ3) is 5.92. The molecule has 0 aliphatic rings. The molecule has 6 heteroatoms. The summed E-state index contributed by atoms with van der Waals surface area (Å²) in [6, 6.07) is 22.9. The Hall–Kier alpha value is -3.57. The quantitative estimate of drug-likeness (QED) is 0.187. The van der Waals surface area contributed by atoms with Gasteiger partial charge in [-0.1, -0.05) is 60.1 Å². The van der Waals surface area contributed by atoms with Gasteiger partial charge in [0.25, 0.3) is 5.91 Å². The van der Waals surface area contributed by atoms with E-state index in [0.717, 1.165) is 54.0 Å². The molecule has 0 aliphatic heterocycles. The average molecular weight is 488 g/mol. The first-order chi connectivity index (χ1) is 17.1. The Bertz CT molecular complexity index is 1310. The molecule has 3 aromatic carbocycles. The Balaban J connectivity index is 1.43. The van der Waals surface area contributed by atoms with Crippen LogP contribution in [0.4, 0.5) is 0 Å². The van der Waals surface area contributed by atoms with Crippen molar-refractivity contribution < 1.29 is 9.53 Å². The van der Waals surface area contributed by atoms with E-state index < -0.39 is 0 Å². The van der Waals surface area contributed by atoms with Crippen LogP contribution >= 0.6 is 11.6 Å². The number of hydrogen-bond donors (Lipinski definition) is 1. The van der Waals surface area contributed by atoms with E-state index in [0.29, 0.717) is 17.2 Å². The summed E-state index contributed by atoms with van der Waals surface area (Å²) in [5, 5.41) is 3.49. The highest BCUT2D eigenvalue weighted by molar-refractivity contribution is 6.33. The van der Waals surface area contributed by atoms with Crippen LogP contribution in [0.2, 0.25) is 5.02 Å². The summed E-state index contributed by atoms with van der Waals surface area (Å²) in [6.07, 6.45) is 4.49. The number of nitrogens with zero attached hydrogens (tertiary/aromatic N) is 2. The number of carbonyl (C=O) groups is 1. The van der Waals surface area contributed by atoms with Crippen molar-refractivity contribution >= 4 is 28.5 Å². The number of hydrogen-bond acceptors (Lipinski definition) is 3. The zero-order chi connectivity index (χ0) is 24.6. The van der Waals surface area contributed by atoms with E-state index in [1.54, 1.807) is 18.2 Å². The van der Waals surface area contributed by atoms with Gasteiger partial charge in [0.05, 0.1) is 34.3 Å². The van der Waals surface area contributed by atoms with Gasteiger partial charge >= 0.3 is 0 Å². The van der Waals surface area contributed by atoms with Gasteiger partial charge in [0, 0.05) is 6.54 Å². The molecule has 1 amide bonds. The van der Waals surface area contributed by atoms with Gasteiger partial charge in [0.15, 0.2) is 0 Å². The number of nitrogens with one attached hydrogen (secondary N) is 1. The van der Waals surface area contributed by atoms with Crippen molar-refractivity contribution in [2.45, 2.75) is 38.8 Å². The summed E-state index contributed by atoms with van der Waals surface area (Å²) in [6.45, 7) is 7.19. The molecular weight excluding hydrogens is 458 g/mol. The number of aromatic nitrogens is 2. The van der Waals surface area contributed by atoms with Gasteiger partial charge in [-0.05, 0) is 62.1 Å². The normalized spacial score (nSPS) is 11.8. The molecule has 0 saturated carbocycles. The third-order valence-corrected chi connectivity index (χ3v) is 6.24. The molecule has 1 unspecified atom stereocenters. The molecule has 4 rings (SSSR count). The van der Waals surface area contributed by atoms with Gasteiger partial charge in [-0.3, -0.25) is 4.79 Å². The number of allylic oxidation sites excluding steroid dienone is 1. The van der Waals surface area contributed by atoms with Crippen LogP contribution in [0, 0.1) is 0 Å². The first-order valence-corrected chi connectivity index (χ1v) is 12.3. The maximum absolute atomic E-state index is 12.8. The Kier molecular flexibility index (Phi) is 8.22. The summed E-state index contributed by atoms with van der Waals surface area (Å²) in [7, 11) is 0. The van der Waals surface area contributed by atoms with Crippen molar-refractivity contribution in [2.75, 3.05) is 6.61 Å². The maximum atomic E-state index is 12.8. The summed E-state index contributed by atoms with van der Waals surface area (Å²) in [5.41, 5.74) is 3.57. The highest BCUT2D eigenvalue weighted by atomic mass is 35.5. The van der Waals surface area contributed by atoms with Crippen LogP contribution in [-0.2, 0) is 13.0 Å². The number of unbranched alkanes of at least 4 members (excludes halogenated alkanes) is 1. The molecular formula is C29H30ClN3O2. The number of fused-ring (bicyclic) bond motifs is 1. The second-order valence-electron chi connectivity index (χ2n) is 8.44. The highest BCUT2D eigenvalue weighted by Gasteiger charge is 2.20. The van der Waals surface area contributed by atoms with Crippen LogP contribution in [-0.4, -0.2) is 22.1 Å². The van der Waals surface area contributed by atoms with Gasteiger partial charge < -0.3 is 14.6 Å². The zero-order valence-electron chi connectivity index (χ0n) is 19.9. The van der Waals surface area contributed by atoms with Crippen molar-refractivity contribution in [3.63, 3.8) is 0 Å². The number of halogens is 1. The lowest BCUT2D eigenvalue weighted by Gasteiger charge is -2.17. The minimum atomic E-state index is -0.284. The Labute approximate surface area is 211 Å². The van der Waals surface area contributed by atoms with Gasteiger partial charge in [-0.2, -0.15) is 0 Å². The number of benzene rings is 3. The van der Waals surface area contributed by atoms with Gasteiger partial charge in [-0.25, -0.2) is 4.98 Å². The fourth-order valence-electron chi connectivity index (χ4n) is 4.17. The lowest BCUT2D eigenvalue weighted by atomic mass is 10.1. The van der Waals surface area contributed by atoms with Crippen LogP contribution < -0.4 is 10.1 Å². The largest absolute Gasteiger partial charge is 0.493 e. The molecule has 4 aromatic rings. The smallest absolute Gasteiger partial charge is 0.253 e. The molecule has 1 N–H and O–H groups in total. The first kappa shape index (κ1) is 24.6. The van der Waals surface area contributed by atoms with E-state index >= 15 is 0 Å². The van der Waals surface area contributed by atoms with Crippen LogP contribution in [0.3, 0.4) is 0 Å². The van der Waals surface area contributed by atoms with Gasteiger partial charge in [0.2, 0.25) is 0 Å². The van der Waals surface area contributed by atoms with Crippen LogP contribution in [0.5, 0.6) is 5.75 Å². The number of rotatable bonds is 11. The molecule has 1 heterocycles. The second kappa shape index (κ2) is 11.7. The van der Waals surface area contributed by atoms with Gasteiger partial charge in [0.1, 0.15) is 11.6 Å². The van der Waals surface area contributed by atoms with Crippen LogP contribution in [0.1, 0.15) is 47.6 Å². The average Bonchev–Trinajstić information content (AvgIpc) is 3.24. The van der Waals surface area contributed by atoms with Crippen LogP contribution in [0.25, 0.3) is 11.0 Å². The highest BCUT2D eigenvalue weighted by Crippen LogP contribution is 2.23. The fraction of sp³-hybridized carbons (Fsp3) is 0.241. The monoisotopic (exact) mass is 487 g/mol. The standard InChI is InChI=1S/C29H30ClN3O2/c1-3-12-22-13-4-9-18-27(22)35-20-11-10-19-33-26-17-8-7-16-25(26)32-28(33)21(2)31-29(34)23-14-5-6-15-24(23)30/h3-9,13-18,21H,1,10-12,19-20H2,2H3,(H,31,34). The van der Waals surface area contributed by atoms with Crippen molar-refractivity contribution in [2.24, 2.45) is 0 Å². The molecule has 35 heavy (non-hydrogen) atoms. The van der Waals surface area contributed by atoms with E-state index in [1.807, 2.05) is 55.5 Å². The number of para-hydroxylation sites is 3. The third-order valence-electron chi connectivity index (χ3n) is 5.91. The van der Waals surface area contributed by atoms with E-state index in [4.69, 9.17) is 21.3 Å². The Morgan fingerprint density at radius 1 is 1.09 bits per heavy atom.